The Morgan fingerprint density at radius 2 is 1.81 bits per heavy atom. The van der Waals surface area contributed by atoms with Gasteiger partial charge in [0.25, 0.3) is 0 Å². The van der Waals surface area contributed by atoms with Crippen LogP contribution >= 0.6 is 15.9 Å². The fourth-order valence-electron chi connectivity index (χ4n) is 1.85. The van der Waals surface area contributed by atoms with Crippen molar-refractivity contribution in [1.29, 1.82) is 0 Å². The summed E-state index contributed by atoms with van der Waals surface area (Å²) in [5.74, 6) is -0.870. The minimum atomic E-state index is -3.96. The van der Waals surface area contributed by atoms with Crippen molar-refractivity contribution in [1.82, 2.24) is 4.72 Å². The van der Waals surface area contributed by atoms with Gasteiger partial charge >= 0.3 is 0 Å². The number of sulfonamides is 1. The molecule has 0 aliphatic rings. The highest BCUT2D eigenvalue weighted by molar-refractivity contribution is 9.10. The van der Waals surface area contributed by atoms with Crippen molar-refractivity contribution in [2.75, 3.05) is 5.73 Å². The van der Waals surface area contributed by atoms with Crippen molar-refractivity contribution in [3.63, 3.8) is 0 Å². The van der Waals surface area contributed by atoms with Gasteiger partial charge in [-0.1, -0.05) is 28.1 Å². The highest BCUT2D eigenvalue weighted by Crippen LogP contribution is 2.21. The first-order chi connectivity index (χ1) is 9.79. The van der Waals surface area contributed by atoms with Crippen LogP contribution in [0.1, 0.15) is 18.5 Å². The molecule has 7 heteroatoms. The Hall–Kier alpha value is -1.44. The number of benzene rings is 2. The van der Waals surface area contributed by atoms with E-state index in [9.17, 15) is 12.8 Å². The lowest BCUT2D eigenvalue weighted by molar-refractivity contribution is 0.547. The first-order valence-corrected chi connectivity index (χ1v) is 8.40. The van der Waals surface area contributed by atoms with E-state index in [0.29, 0.717) is 0 Å². The van der Waals surface area contributed by atoms with E-state index in [1.165, 1.54) is 6.07 Å². The van der Waals surface area contributed by atoms with E-state index in [1.807, 2.05) is 12.1 Å². The molecule has 0 aliphatic heterocycles. The molecule has 0 unspecified atom stereocenters. The quantitative estimate of drug-likeness (QED) is 0.809. The average molecular weight is 373 g/mol. The molecule has 4 nitrogen and oxygen atoms in total. The highest BCUT2D eigenvalue weighted by Gasteiger charge is 2.22. The molecule has 2 aromatic carbocycles. The first kappa shape index (κ1) is 15.9. The number of nitrogens with two attached hydrogens (primary N) is 1. The molecule has 0 saturated heterocycles. The zero-order valence-electron chi connectivity index (χ0n) is 11.2. The molecule has 21 heavy (non-hydrogen) atoms. The van der Waals surface area contributed by atoms with Crippen LogP contribution in [0.2, 0.25) is 0 Å². The molecule has 0 amide bonds. The van der Waals surface area contributed by atoms with Crippen molar-refractivity contribution in [2.45, 2.75) is 17.9 Å². The Morgan fingerprint density at radius 1 is 1.19 bits per heavy atom. The molecule has 0 fully saturated rings. The molecule has 2 rings (SSSR count). The molecule has 1 atom stereocenters. The Kier molecular flexibility index (Phi) is 4.65. The van der Waals surface area contributed by atoms with E-state index < -0.39 is 26.8 Å². The third kappa shape index (κ3) is 3.81. The third-order valence-electron chi connectivity index (χ3n) is 2.95. The maximum Gasteiger partial charge on any atom is 0.244 e. The van der Waals surface area contributed by atoms with E-state index in [1.54, 1.807) is 19.1 Å². The lowest BCUT2D eigenvalue weighted by Gasteiger charge is -2.15. The molecule has 0 aliphatic carbocycles. The van der Waals surface area contributed by atoms with Crippen molar-refractivity contribution >= 4 is 31.6 Å². The Balaban J connectivity index is 2.26. The number of nitrogens with one attached hydrogen (secondary N) is 1. The first-order valence-electron chi connectivity index (χ1n) is 6.12. The number of halogens is 2. The zero-order valence-corrected chi connectivity index (χ0v) is 13.6. The molecular weight excluding hydrogens is 359 g/mol. The van der Waals surface area contributed by atoms with Crippen molar-refractivity contribution in [3.8, 4) is 0 Å². The van der Waals surface area contributed by atoms with Crippen LogP contribution in [0, 0.1) is 5.82 Å². The van der Waals surface area contributed by atoms with Gasteiger partial charge in [-0.15, -0.1) is 0 Å². The fourth-order valence-corrected chi connectivity index (χ4v) is 3.41. The van der Waals surface area contributed by atoms with Crippen molar-refractivity contribution < 1.29 is 12.8 Å². The molecule has 0 aromatic heterocycles. The molecular formula is C14H14BrFN2O2S. The number of nitrogen functional groups attached to an aromatic ring is 1. The van der Waals surface area contributed by atoms with Gasteiger partial charge in [0.2, 0.25) is 10.0 Å². The standard InChI is InChI=1S/C14H14BrFN2O2S/c1-9(10-2-4-11(15)5-3-10)18-21(19,20)14-7-6-12(17)8-13(14)16/h2-9,18H,17H2,1H3/t9-/m1/s1. The van der Waals surface area contributed by atoms with Gasteiger partial charge in [0.1, 0.15) is 10.7 Å². The van der Waals surface area contributed by atoms with Gasteiger partial charge in [0.05, 0.1) is 0 Å². The predicted molar refractivity (Wildman–Crippen MR) is 83.7 cm³/mol. The zero-order chi connectivity index (χ0) is 15.6. The van der Waals surface area contributed by atoms with Gasteiger partial charge in [-0.05, 0) is 42.8 Å². The van der Waals surface area contributed by atoms with Gasteiger partial charge in [-0.2, -0.15) is 0 Å². The number of hydrogen-bond acceptors (Lipinski definition) is 3. The SMILES string of the molecule is C[C@@H](NS(=O)(=O)c1ccc(N)cc1F)c1ccc(Br)cc1. The van der Waals surface area contributed by atoms with Gasteiger partial charge in [0, 0.05) is 16.2 Å². The van der Waals surface area contributed by atoms with Crippen LogP contribution in [0.25, 0.3) is 0 Å². The van der Waals surface area contributed by atoms with E-state index in [-0.39, 0.29) is 5.69 Å². The molecule has 0 radical (unpaired) electrons. The summed E-state index contributed by atoms with van der Waals surface area (Å²) >= 11 is 3.31. The highest BCUT2D eigenvalue weighted by atomic mass is 79.9. The summed E-state index contributed by atoms with van der Waals surface area (Å²) in [6.45, 7) is 1.69. The Bertz CT molecular complexity index is 748. The molecule has 0 spiro atoms. The van der Waals surface area contributed by atoms with Crippen LogP contribution in [-0.4, -0.2) is 8.42 Å². The van der Waals surface area contributed by atoms with Crippen LogP contribution < -0.4 is 10.5 Å². The van der Waals surface area contributed by atoms with Gasteiger partial charge in [-0.3, -0.25) is 0 Å². The second-order valence-electron chi connectivity index (χ2n) is 4.58. The summed E-state index contributed by atoms with van der Waals surface area (Å²) in [6, 6.07) is 10.2. The minimum Gasteiger partial charge on any atom is -0.399 e. The second-order valence-corrected chi connectivity index (χ2v) is 7.18. The topological polar surface area (TPSA) is 72.2 Å². The molecule has 2 aromatic rings. The number of anilines is 1. The summed E-state index contributed by atoms with van der Waals surface area (Å²) in [4.78, 5) is -0.416. The average Bonchev–Trinajstić information content (AvgIpc) is 2.38. The van der Waals surface area contributed by atoms with Crippen LogP contribution in [0.4, 0.5) is 10.1 Å². The smallest absolute Gasteiger partial charge is 0.244 e. The third-order valence-corrected chi connectivity index (χ3v) is 5.05. The van der Waals surface area contributed by atoms with E-state index in [4.69, 9.17) is 5.73 Å². The summed E-state index contributed by atoms with van der Waals surface area (Å²) in [7, 11) is -3.96. The second kappa shape index (κ2) is 6.13. The normalized spacial score (nSPS) is 13.1. The molecule has 0 saturated carbocycles. The van der Waals surface area contributed by atoms with Crippen LogP contribution in [0.5, 0.6) is 0 Å². The number of hydrogen-bond donors (Lipinski definition) is 2. The largest absolute Gasteiger partial charge is 0.399 e. The van der Waals surface area contributed by atoms with Crippen molar-refractivity contribution in [2.24, 2.45) is 0 Å². The summed E-state index contributed by atoms with van der Waals surface area (Å²) in [5.41, 5.74) is 6.37. The monoisotopic (exact) mass is 372 g/mol. The maximum absolute atomic E-state index is 13.7. The van der Waals surface area contributed by atoms with Crippen LogP contribution in [0.15, 0.2) is 51.8 Å². The van der Waals surface area contributed by atoms with Gasteiger partial charge < -0.3 is 5.73 Å². The molecule has 112 valence electrons. The summed E-state index contributed by atoms with van der Waals surface area (Å²) < 4.78 is 41.5. The molecule has 0 heterocycles. The van der Waals surface area contributed by atoms with E-state index in [0.717, 1.165) is 22.2 Å². The van der Waals surface area contributed by atoms with E-state index >= 15 is 0 Å². The van der Waals surface area contributed by atoms with Crippen LogP contribution in [0.3, 0.4) is 0 Å². The number of rotatable bonds is 4. The lowest BCUT2D eigenvalue weighted by atomic mass is 10.1. The predicted octanol–water partition coefficient (Wildman–Crippen LogP) is 3.21. The van der Waals surface area contributed by atoms with E-state index in [2.05, 4.69) is 20.7 Å². The molecule has 0 bridgehead atoms. The van der Waals surface area contributed by atoms with Crippen molar-refractivity contribution in [3.05, 3.63) is 58.3 Å². The van der Waals surface area contributed by atoms with Gasteiger partial charge in [-0.25, -0.2) is 17.5 Å². The lowest BCUT2D eigenvalue weighted by Crippen LogP contribution is -2.27. The molecule has 3 N–H and O–H groups in total. The Labute approximate surface area is 131 Å². The van der Waals surface area contributed by atoms with Crippen LogP contribution in [-0.2, 0) is 10.0 Å². The fraction of sp³-hybridized carbons (Fsp3) is 0.143. The Morgan fingerprint density at radius 3 is 2.38 bits per heavy atom. The van der Waals surface area contributed by atoms with Gasteiger partial charge in [0.15, 0.2) is 0 Å². The summed E-state index contributed by atoms with van der Waals surface area (Å²) in [6.07, 6.45) is 0. The minimum absolute atomic E-state index is 0.174. The maximum atomic E-state index is 13.7. The summed E-state index contributed by atoms with van der Waals surface area (Å²) in [5, 5.41) is 0.